The molecule has 0 saturated carbocycles. The van der Waals surface area contributed by atoms with Crippen molar-refractivity contribution >= 4 is 22.5 Å². The van der Waals surface area contributed by atoms with E-state index in [4.69, 9.17) is 9.47 Å². The molecule has 2 atom stereocenters. The molecule has 8 heteroatoms. The average Bonchev–Trinajstić information content (AvgIpc) is 3.42. The molecular formula is C33H43N5O3. The maximum atomic E-state index is 12.7. The van der Waals surface area contributed by atoms with E-state index in [0.717, 1.165) is 53.0 Å². The van der Waals surface area contributed by atoms with Crippen molar-refractivity contribution in [1.29, 1.82) is 0 Å². The zero-order chi connectivity index (χ0) is 29.6. The van der Waals surface area contributed by atoms with Gasteiger partial charge in [0.2, 0.25) is 5.91 Å². The molecule has 0 radical (unpaired) electrons. The molecular weight excluding hydrogens is 514 g/mol. The van der Waals surface area contributed by atoms with Crippen LogP contribution in [0.4, 0.5) is 5.69 Å². The van der Waals surface area contributed by atoms with Crippen LogP contribution in [0, 0.1) is 12.8 Å². The first-order valence-corrected chi connectivity index (χ1v) is 14.5. The molecule has 2 unspecified atom stereocenters. The Labute approximate surface area is 243 Å². The Bertz CT molecular complexity index is 1470. The van der Waals surface area contributed by atoms with E-state index in [0.29, 0.717) is 17.4 Å². The standard InChI is InChI=1S/C31H37N5O3.C2H6/c1-20-14-22(15-30(37)35-23-18-34-36(19-23)31(3,4)5)6-9-27(20)39-29-11-13-33-26-8-7-24(16-25(26)29)38-28-10-12-32-17-21(28)2;1-2/h6-9,11,13-14,16,18-19,21,28,32H,10,12,15,17H2,1-5H3,(H,35,37);1-2H3. The summed E-state index contributed by atoms with van der Waals surface area (Å²) in [5.74, 6) is 2.63. The Kier molecular flexibility index (Phi) is 9.65. The number of carbonyl (C=O) groups excluding carboxylic acids is 1. The highest BCUT2D eigenvalue weighted by Crippen LogP contribution is 2.34. The van der Waals surface area contributed by atoms with Crippen molar-refractivity contribution in [2.24, 2.45) is 5.92 Å². The lowest BCUT2D eigenvalue weighted by atomic mass is 9.98. The first kappa shape index (κ1) is 30.1. The number of hydrogen-bond donors (Lipinski definition) is 2. The zero-order valence-corrected chi connectivity index (χ0v) is 25.3. The molecule has 1 aliphatic heterocycles. The van der Waals surface area contributed by atoms with Gasteiger partial charge in [0.05, 0.1) is 29.4 Å². The third-order valence-electron chi connectivity index (χ3n) is 7.04. The van der Waals surface area contributed by atoms with Gasteiger partial charge < -0.3 is 20.1 Å². The number of pyridine rings is 1. The van der Waals surface area contributed by atoms with Crippen LogP contribution in [-0.2, 0) is 16.8 Å². The zero-order valence-electron chi connectivity index (χ0n) is 25.3. The number of benzene rings is 2. The second-order valence-corrected chi connectivity index (χ2v) is 11.4. The van der Waals surface area contributed by atoms with Gasteiger partial charge in [-0.05, 0) is 82.1 Å². The fraction of sp³-hybridized carbons (Fsp3) is 0.424. The number of nitrogens with zero attached hydrogens (tertiary/aromatic N) is 3. The minimum absolute atomic E-state index is 0.0905. The van der Waals surface area contributed by atoms with E-state index in [1.165, 1.54) is 0 Å². The molecule has 2 aromatic carbocycles. The number of aromatic nitrogens is 3. The van der Waals surface area contributed by atoms with Crippen LogP contribution in [0.25, 0.3) is 10.9 Å². The molecule has 3 heterocycles. The van der Waals surface area contributed by atoms with E-state index >= 15 is 0 Å². The molecule has 2 aromatic heterocycles. The van der Waals surface area contributed by atoms with Gasteiger partial charge in [-0.3, -0.25) is 14.5 Å². The SMILES string of the molecule is CC.Cc1cc(CC(=O)Nc2cnn(C(C)(C)C)c2)ccc1Oc1ccnc2ccc(OC3CCNCC3C)cc12. The second kappa shape index (κ2) is 13.2. The number of anilines is 1. The Morgan fingerprint density at radius 3 is 2.63 bits per heavy atom. The number of amides is 1. The molecule has 2 N–H and O–H groups in total. The van der Waals surface area contributed by atoms with E-state index in [9.17, 15) is 4.79 Å². The quantitative estimate of drug-likeness (QED) is 0.258. The number of aryl methyl sites for hydroxylation is 1. The van der Waals surface area contributed by atoms with E-state index in [1.807, 2.05) is 74.1 Å². The molecule has 218 valence electrons. The van der Waals surface area contributed by atoms with Crippen molar-refractivity contribution < 1.29 is 14.3 Å². The Hall–Kier alpha value is -3.91. The average molecular weight is 558 g/mol. The Morgan fingerprint density at radius 2 is 1.93 bits per heavy atom. The summed E-state index contributed by atoms with van der Waals surface area (Å²) in [4.78, 5) is 17.2. The molecule has 41 heavy (non-hydrogen) atoms. The first-order valence-electron chi connectivity index (χ1n) is 14.5. The van der Waals surface area contributed by atoms with E-state index in [2.05, 4.69) is 48.4 Å². The van der Waals surface area contributed by atoms with Gasteiger partial charge in [0, 0.05) is 30.2 Å². The summed E-state index contributed by atoms with van der Waals surface area (Å²) in [5.41, 5.74) is 3.25. The molecule has 8 nitrogen and oxygen atoms in total. The maximum absolute atomic E-state index is 12.7. The summed E-state index contributed by atoms with van der Waals surface area (Å²) in [7, 11) is 0. The van der Waals surface area contributed by atoms with Crippen LogP contribution in [0.2, 0.25) is 0 Å². The number of fused-ring (bicyclic) bond motifs is 1. The highest BCUT2D eigenvalue weighted by molar-refractivity contribution is 5.92. The lowest BCUT2D eigenvalue weighted by molar-refractivity contribution is -0.115. The summed E-state index contributed by atoms with van der Waals surface area (Å²) in [6, 6.07) is 13.7. The molecule has 1 amide bonds. The second-order valence-electron chi connectivity index (χ2n) is 11.4. The molecule has 4 aromatic rings. The fourth-order valence-electron chi connectivity index (χ4n) is 4.80. The lowest BCUT2D eigenvalue weighted by Gasteiger charge is -2.30. The molecule has 0 bridgehead atoms. The molecule has 0 aliphatic carbocycles. The van der Waals surface area contributed by atoms with Crippen molar-refractivity contribution in [2.45, 2.75) is 73.0 Å². The summed E-state index contributed by atoms with van der Waals surface area (Å²) in [6.07, 6.45) is 6.71. The maximum Gasteiger partial charge on any atom is 0.228 e. The van der Waals surface area contributed by atoms with Gasteiger partial charge in [0.25, 0.3) is 0 Å². The first-order chi connectivity index (χ1) is 19.7. The normalized spacial score (nSPS) is 17.0. The van der Waals surface area contributed by atoms with Gasteiger partial charge in [-0.15, -0.1) is 0 Å². The van der Waals surface area contributed by atoms with Crippen molar-refractivity contribution in [1.82, 2.24) is 20.1 Å². The third kappa shape index (κ3) is 7.64. The van der Waals surface area contributed by atoms with Gasteiger partial charge in [-0.2, -0.15) is 5.10 Å². The van der Waals surface area contributed by atoms with Crippen molar-refractivity contribution in [3.8, 4) is 17.2 Å². The number of rotatable bonds is 7. The number of ether oxygens (including phenoxy) is 2. The van der Waals surface area contributed by atoms with Crippen LogP contribution >= 0.6 is 0 Å². The topological polar surface area (TPSA) is 90.3 Å². The minimum Gasteiger partial charge on any atom is -0.490 e. The van der Waals surface area contributed by atoms with Crippen LogP contribution in [0.1, 0.15) is 59.1 Å². The van der Waals surface area contributed by atoms with Crippen LogP contribution in [0.15, 0.2) is 61.1 Å². The van der Waals surface area contributed by atoms with Gasteiger partial charge in [-0.1, -0.05) is 32.9 Å². The molecule has 1 saturated heterocycles. The monoisotopic (exact) mass is 557 g/mol. The fourth-order valence-corrected chi connectivity index (χ4v) is 4.80. The van der Waals surface area contributed by atoms with Gasteiger partial charge >= 0.3 is 0 Å². The molecule has 1 fully saturated rings. The number of hydrogen-bond acceptors (Lipinski definition) is 6. The summed E-state index contributed by atoms with van der Waals surface area (Å²) in [5, 5.41) is 11.6. The van der Waals surface area contributed by atoms with Crippen LogP contribution in [0.5, 0.6) is 17.2 Å². The predicted octanol–water partition coefficient (Wildman–Crippen LogP) is 6.87. The van der Waals surface area contributed by atoms with Gasteiger partial charge in [0.1, 0.15) is 23.4 Å². The van der Waals surface area contributed by atoms with E-state index in [1.54, 1.807) is 12.4 Å². The van der Waals surface area contributed by atoms with Crippen LogP contribution in [-0.4, -0.2) is 39.9 Å². The molecule has 1 aliphatic rings. The smallest absolute Gasteiger partial charge is 0.228 e. The van der Waals surface area contributed by atoms with E-state index < -0.39 is 0 Å². The highest BCUT2D eigenvalue weighted by Gasteiger charge is 2.23. The van der Waals surface area contributed by atoms with Crippen LogP contribution in [0.3, 0.4) is 0 Å². The van der Waals surface area contributed by atoms with Crippen LogP contribution < -0.4 is 20.1 Å². The van der Waals surface area contributed by atoms with E-state index in [-0.39, 0.29) is 24.0 Å². The summed E-state index contributed by atoms with van der Waals surface area (Å²) < 4.78 is 14.6. The number of nitrogens with one attached hydrogen (secondary N) is 2. The van der Waals surface area contributed by atoms with Crippen molar-refractivity contribution in [3.63, 3.8) is 0 Å². The van der Waals surface area contributed by atoms with Crippen molar-refractivity contribution in [3.05, 3.63) is 72.2 Å². The lowest BCUT2D eigenvalue weighted by Crippen LogP contribution is -2.41. The van der Waals surface area contributed by atoms with Crippen molar-refractivity contribution in [2.75, 3.05) is 18.4 Å². The van der Waals surface area contributed by atoms with Gasteiger partial charge in [0.15, 0.2) is 0 Å². The highest BCUT2D eigenvalue weighted by atomic mass is 16.5. The molecule has 5 rings (SSSR count). The summed E-state index contributed by atoms with van der Waals surface area (Å²) >= 11 is 0. The predicted molar refractivity (Wildman–Crippen MR) is 165 cm³/mol. The number of piperidine rings is 1. The minimum atomic E-state index is -0.143. The third-order valence-corrected chi connectivity index (χ3v) is 7.04. The largest absolute Gasteiger partial charge is 0.490 e. The number of carbonyl (C=O) groups is 1. The van der Waals surface area contributed by atoms with Gasteiger partial charge in [-0.25, -0.2) is 0 Å². The summed E-state index contributed by atoms with van der Waals surface area (Å²) in [6.45, 7) is 16.3. The molecule has 0 spiro atoms. The Morgan fingerprint density at radius 1 is 1.12 bits per heavy atom. The Balaban J connectivity index is 0.00000189.